The zero-order chi connectivity index (χ0) is 14.7. The molecular formula is C18H18O3. The normalized spacial score (nSPS) is 16.3. The third kappa shape index (κ3) is 2.92. The lowest BCUT2D eigenvalue weighted by Crippen LogP contribution is -2.06. The molecule has 0 heterocycles. The lowest BCUT2D eigenvalue weighted by atomic mass is 10.1. The quantitative estimate of drug-likeness (QED) is 0.797. The highest BCUT2D eigenvalue weighted by Gasteiger charge is 2.23. The minimum absolute atomic E-state index is 0.106. The van der Waals surface area contributed by atoms with Crippen molar-refractivity contribution in [2.24, 2.45) is 0 Å². The fourth-order valence-electron chi connectivity index (χ4n) is 2.69. The first kappa shape index (κ1) is 13.7. The molecule has 1 aliphatic rings. The van der Waals surface area contributed by atoms with Gasteiger partial charge in [-0.3, -0.25) is 0 Å². The number of fused-ring (bicyclic) bond motifs is 1. The van der Waals surface area contributed by atoms with E-state index in [2.05, 4.69) is 18.2 Å². The second-order valence-electron chi connectivity index (χ2n) is 5.09. The number of carbonyl (C=O) groups excluding carboxylic acids is 1. The maximum Gasteiger partial charge on any atom is 0.338 e. The van der Waals surface area contributed by atoms with Gasteiger partial charge >= 0.3 is 5.97 Å². The summed E-state index contributed by atoms with van der Waals surface area (Å²) in [7, 11) is 0. The van der Waals surface area contributed by atoms with Gasteiger partial charge in [0.15, 0.2) is 0 Å². The van der Waals surface area contributed by atoms with Crippen molar-refractivity contribution in [1.29, 1.82) is 0 Å². The summed E-state index contributed by atoms with van der Waals surface area (Å²) in [5, 5.41) is 0. The van der Waals surface area contributed by atoms with E-state index in [1.807, 2.05) is 18.2 Å². The van der Waals surface area contributed by atoms with E-state index in [0.29, 0.717) is 12.2 Å². The Morgan fingerprint density at radius 2 is 1.90 bits per heavy atom. The van der Waals surface area contributed by atoms with E-state index in [1.165, 1.54) is 11.1 Å². The molecule has 0 aliphatic heterocycles. The molecule has 0 N–H and O–H groups in total. The molecule has 2 aromatic carbocycles. The van der Waals surface area contributed by atoms with Crippen molar-refractivity contribution in [3.8, 4) is 5.75 Å². The molecule has 0 aromatic heterocycles. The number of aryl methyl sites for hydroxylation is 1. The van der Waals surface area contributed by atoms with Crippen LogP contribution in [0, 0.1) is 0 Å². The van der Waals surface area contributed by atoms with Crippen LogP contribution in [0.2, 0.25) is 0 Å². The number of benzene rings is 2. The van der Waals surface area contributed by atoms with Gasteiger partial charge in [-0.15, -0.1) is 0 Å². The van der Waals surface area contributed by atoms with Gasteiger partial charge in [0.1, 0.15) is 11.9 Å². The number of carbonyl (C=O) groups is 1. The summed E-state index contributed by atoms with van der Waals surface area (Å²) >= 11 is 0. The van der Waals surface area contributed by atoms with E-state index in [9.17, 15) is 4.79 Å². The lowest BCUT2D eigenvalue weighted by molar-refractivity contribution is 0.0526. The fraction of sp³-hybridized carbons (Fsp3) is 0.278. The largest absolute Gasteiger partial charge is 0.486 e. The Morgan fingerprint density at radius 3 is 2.67 bits per heavy atom. The number of hydrogen-bond acceptors (Lipinski definition) is 3. The number of ether oxygens (including phenoxy) is 2. The zero-order valence-corrected chi connectivity index (χ0v) is 12.0. The molecule has 21 heavy (non-hydrogen) atoms. The van der Waals surface area contributed by atoms with Crippen molar-refractivity contribution < 1.29 is 14.3 Å². The number of rotatable bonds is 4. The van der Waals surface area contributed by atoms with Crippen LogP contribution in [-0.4, -0.2) is 12.6 Å². The summed E-state index contributed by atoms with van der Waals surface area (Å²) in [6.45, 7) is 2.18. The van der Waals surface area contributed by atoms with Crippen LogP contribution in [0.3, 0.4) is 0 Å². The smallest absolute Gasteiger partial charge is 0.338 e. The van der Waals surface area contributed by atoms with E-state index in [1.54, 1.807) is 19.1 Å². The van der Waals surface area contributed by atoms with Crippen molar-refractivity contribution in [3.05, 3.63) is 65.2 Å². The third-order valence-electron chi connectivity index (χ3n) is 3.72. The van der Waals surface area contributed by atoms with Gasteiger partial charge < -0.3 is 9.47 Å². The number of hydrogen-bond donors (Lipinski definition) is 0. The Bertz CT molecular complexity index is 631. The predicted octanol–water partition coefficient (Wildman–Crippen LogP) is 3.93. The first-order chi connectivity index (χ1) is 10.3. The van der Waals surface area contributed by atoms with Crippen LogP contribution in [0.25, 0.3) is 0 Å². The van der Waals surface area contributed by atoms with Gasteiger partial charge in [0.25, 0.3) is 0 Å². The zero-order valence-electron chi connectivity index (χ0n) is 12.0. The summed E-state index contributed by atoms with van der Waals surface area (Å²) < 4.78 is 11.0. The lowest BCUT2D eigenvalue weighted by Gasteiger charge is -2.15. The van der Waals surface area contributed by atoms with Gasteiger partial charge in [-0.1, -0.05) is 24.3 Å². The average molecular weight is 282 g/mol. The Balaban J connectivity index is 1.71. The standard InChI is InChI=1S/C18H18O3/c1-2-20-18(19)14-7-10-15(11-8-14)21-17-12-9-13-5-3-4-6-16(13)17/h3-8,10-11,17H,2,9,12H2,1H3. The maximum absolute atomic E-state index is 11.6. The molecule has 2 aromatic rings. The minimum Gasteiger partial charge on any atom is -0.486 e. The molecule has 0 amide bonds. The van der Waals surface area contributed by atoms with Crippen molar-refractivity contribution in [1.82, 2.24) is 0 Å². The molecule has 0 radical (unpaired) electrons. The SMILES string of the molecule is CCOC(=O)c1ccc(OC2CCc3ccccc32)cc1. The van der Waals surface area contributed by atoms with Crippen LogP contribution in [0.4, 0.5) is 0 Å². The maximum atomic E-state index is 11.6. The Labute approximate surface area is 124 Å². The summed E-state index contributed by atoms with van der Waals surface area (Å²) in [4.78, 5) is 11.6. The van der Waals surface area contributed by atoms with Crippen LogP contribution in [-0.2, 0) is 11.2 Å². The number of esters is 1. The molecule has 3 heteroatoms. The van der Waals surface area contributed by atoms with Gasteiger partial charge in [0.05, 0.1) is 12.2 Å². The molecule has 3 rings (SSSR count). The van der Waals surface area contributed by atoms with Crippen LogP contribution in [0.15, 0.2) is 48.5 Å². The van der Waals surface area contributed by atoms with E-state index < -0.39 is 0 Å². The van der Waals surface area contributed by atoms with Crippen LogP contribution < -0.4 is 4.74 Å². The first-order valence-corrected chi connectivity index (χ1v) is 7.29. The van der Waals surface area contributed by atoms with Crippen molar-refractivity contribution in [2.45, 2.75) is 25.9 Å². The fourth-order valence-corrected chi connectivity index (χ4v) is 2.69. The second-order valence-corrected chi connectivity index (χ2v) is 5.09. The average Bonchev–Trinajstić information content (AvgIpc) is 2.92. The van der Waals surface area contributed by atoms with E-state index in [-0.39, 0.29) is 12.1 Å². The third-order valence-corrected chi connectivity index (χ3v) is 3.72. The highest BCUT2D eigenvalue weighted by Crippen LogP contribution is 2.34. The van der Waals surface area contributed by atoms with Crippen LogP contribution in [0.5, 0.6) is 5.75 Å². The molecule has 0 saturated carbocycles. The highest BCUT2D eigenvalue weighted by molar-refractivity contribution is 5.89. The summed E-state index contributed by atoms with van der Waals surface area (Å²) in [6, 6.07) is 15.5. The van der Waals surface area contributed by atoms with Gasteiger partial charge in [0.2, 0.25) is 0 Å². The van der Waals surface area contributed by atoms with E-state index in [0.717, 1.165) is 18.6 Å². The Hall–Kier alpha value is -2.29. The van der Waals surface area contributed by atoms with Gasteiger partial charge in [0, 0.05) is 0 Å². The van der Waals surface area contributed by atoms with E-state index >= 15 is 0 Å². The van der Waals surface area contributed by atoms with Crippen LogP contribution >= 0.6 is 0 Å². The van der Waals surface area contributed by atoms with Crippen molar-refractivity contribution in [2.75, 3.05) is 6.61 Å². The summed E-state index contributed by atoms with van der Waals surface area (Å²) in [6.07, 6.45) is 2.16. The molecule has 1 unspecified atom stereocenters. The second kappa shape index (κ2) is 6.00. The molecule has 108 valence electrons. The molecule has 0 fully saturated rings. The first-order valence-electron chi connectivity index (χ1n) is 7.29. The molecule has 0 saturated heterocycles. The Morgan fingerprint density at radius 1 is 1.14 bits per heavy atom. The topological polar surface area (TPSA) is 35.5 Å². The van der Waals surface area contributed by atoms with E-state index in [4.69, 9.17) is 9.47 Å². The summed E-state index contributed by atoms with van der Waals surface area (Å²) in [5.41, 5.74) is 3.19. The molecule has 1 aliphatic carbocycles. The molecular weight excluding hydrogens is 264 g/mol. The van der Waals surface area contributed by atoms with Crippen LogP contribution in [0.1, 0.15) is 40.9 Å². The van der Waals surface area contributed by atoms with Gasteiger partial charge in [-0.2, -0.15) is 0 Å². The summed E-state index contributed by atoms with van der Waals surface area (Å²) in [5.74, 6) is 0.486. The highest BCUT2D eigenvalue weighted by atomic mass is 16.5. The monoisotopic (exact) mass is 282 g/mol. The predicted molar refractivity (Wildman–Crippen MR) is 80.5 cm³/mol. The van der Waals surface area contributed by atoms with Crippen molar-refractivity contribution >= 4 is 5.97 Å². The molecule has 0 bridgehead atoms. The Kier molecular flexibility index (Phi) is 3.91. The van der Waals surface area contributed by atoms with Gasteiger partial charge in [-0.05, 0) is 55.2 Å². The molecule has 0 spiro atoms. The minimum atomic E-state index is -0.296. The molecule has 3 nitrogen and oxygen atoms in total. The van der Waals surface area contributed by atoms with Crippen molar-refractivity contribution in [3.63, 3.8) is 0 Å². The van der Waals surface area contributed by atoms with Gasteiger partial charge in [-0.25, -0.2) is 4.79 Å². The molecule has 1 atom stereocenters.